The Kier molecular flexibility index (Phi) is 5.17. The molecule has 0 aromatic heterocycles. The summed E-state index contributed by atoms with van der Waals surface area (Å²) in [7, 11) is -2.13. The van der Waals surface area contributed by atoms with Crippen LogP contribution < -0.4 is 0 Å². The Morgan fingerprint density at radius 1 is 1.05 bits per heavy atom. The number of rotatable bonds is 3. The minimum atomic E-state index is -3.59. The number of thioether (sulfide) groups is 1. The fourth-order valence-electron chi connectivity index (χ4n) is 1.82. The lowest BCUT2D eigenvalue weighted by Crippen LogP contribution is -2.22. The first-order valence-electron chi connectivity index (χ1n) is 6.65. The number of aryl methyl sites for hydroxylation is 1. The Bertz CT molecular complexity index is 816. The van der Waals surface area contributed by atoms with Crippen LogP contribution in [0, 0.1) is 18.9 Å². The second-order valence-corrected chi connectivity index (χ2v) is 7.54. The molecule has 0 unspecified atom stereocenters. The van der Waals surface area contributed by atoms with Crippen LogP contribution in [-0.4, -0.2) is 26.0 Å². The maximum Gasteiger partial charge on any atom is 0.270 e. The van der Waals surface area contributed by atoms with Crippen molar-refractivity contribution in [2.45, 2.75) is 16.7 Å². The molecule has 0 fully saturated rings. The first kappa shape index (κ1) is 16.5. The highest BCUT2D eigenvalue weighted by atomic mass is 32.2. The van der Waals surface area contributed by atoms with Crippen LogP contribution in [0.3, 0.4) is 0 Å². The molecule has 5 heteroatoms. The highest BCUT2D eigenvalue weighted by Crippen LogP contribution is 2.19. The number of hydrogen-bond donors (Lipinski definition) is 0. The first-order valence-corrected chi connectivity index (χ1v) is 9.32. The molecule has 0 heterocycles. The summed E-state index contributed by atoms with van der Waals surface area (Å²) in [6.45, 7) is 1.92. The third kappa shape index (κ3) is 3.65. The number of hydrogen-bond acceptors (Lipinski definition) is 3. The van der Waals surface area contributed by atoms with Crippen molar-refractivity contribution in [3.63, 3.8) is 0 Å². The molecule has 0 amide bonds. The van der Waals surface area contributed by atoms with E-state index < -0.39 is 10.0 Å². The molecule has 2 aromatic carbocycles. The lowest BCUT2D eigenvalue weighted by molar-refractivity contribution is 0.547. The molecule has 114 valence electrons. The Morgan fingerprint density at radius 2 is 1.68 bits per heavy atom. The van der Waals surface area contributed by atoms with Crippen LogP contribution in [0.25, 0.3) is 0 Å². The SMILES string of the molecule is CSc1ccccc1C#CN(C)S(=O)(=O)c1ccc(C)cc1. The van der Waals surface area contributed by atoms with Gasteiger partial charge in [-0.2, -0.15) is 0 Å². The van der Waals surface area contributed by atoms with Gasteiger partial charge in [-0.1, -0.05) is 29.8 Å². The molecular formula is C17H17NO2S2. The summed E-state index contributed by atoms with van der Waals surface area (Å²) in [6.07, 6.45) is 1.97. The zero-order valence-corrected chi connectivity index (χ0v) is 14.3. The number of sulfonamides is 1. The second-order valence-electron chi connectivity index (χ2n) is 4.72. The van der Waals surface area contributed by atoms with E-state index in [9.17, 15) is 8.42 Å². The van der Waals surface area contributed by atoms with Gasteiger partial charge < -0.3 is 0 Å². The molecule has 3 nitrogen and oxygen atoms in total. The van der Waals surface area contributed by atoms with E-state index in [0.29, 0.717) is 0 Å². The Hall–Kier alpha value is -1.90. The predicted molar refractivity (Wildman–Crippen MR) is 91.2 cm³/mol. The van der Waals surface area contributed by atoms with Gasteiger partial charge in [-0.05, 0) is 43.4 Å². The molecule has 0 saturated carbocycles. The molecule has 0 spiro atoms. The van der Waals surface area contributed by atoms with Crippen molar-refractivity contribution >= 4 is 21.8 Å². The minimum absolute atomic E-state index is 0.244. The van der Waals surface area contributed by atoms with Gasteiger partial charge in [0.05, 0.1) is 4.90 Å². The molecule has 0 N–H and O–H groups in total. The molecule has 22 heavy (non-hydrogen) atoms. The van der Waals surface area contributed by atoms with Crippen molar-refractivity contribution in [2.24, 2.45) is 0 Å². The van der Waals surface area contributed by atoms with Crippen molar-refractivity contribution in [2.75, 3.05) is 13.3 Å². The Balaban J connectivity index is 2.31. The standard InChI is InChI=1S/C17H17NO2S2/c1-14-8-10-16(11-9-14)22(19,20)18(2)13-12-15-6-4-5-7-17(15)21-3/h4-11H,1-3H3. The topological polar surface area (TPSA) is 37.4 Å². The van der Waals surface area contributed by atoms with Crippen LogP contribution in [-0.2, 0) is 10.0 Å². The van der Waals surface area contributed by atoms with E-state index >= 15 is 0 Å². The monoisotopic (exact) mass is 331 g/mol. The molecule has 0 atom stereocenters. The van der Waals surface area contributed by atoms with Crippen molar-refractivity contribution in [1.29, 1.82) is 0 Å². The predicted octanol–water partition coefficient (Wildman–Crippen LogP) is 3.35. The summed E-state index contributed by atoms with van der Waals surface area (Å²) >= 11 is 1.58. The molecule has 0 radical (unpaired) electrons. The molecule has 0 saturated heterocycles. The third-order valence-electron chi connectivity index (χ3n) is 3.13. The van der Waals surface area contributed by atoms with Gasteiger partial charge in [0.2, 0.25) is 0 Å². The number of benzene rings is 2. The zero-order chi connectivity index (χ0) is 16.2. The largest absolute Gasteiger partial charge is 0.270 e. The lowest BCUT2D eigenvalue weighted by Gasteiger charge is -2.12. The van der Waals surface area contributed by atoms with Crippen LogP contribution in [0.1, 0.15) is 11.1 Å². The van der Waals surface area contributed by atoms with Gasteiger partial charge in [0.25, 0.3) is 10.0 Å². The molecule has 0 aliphatic heterocycles. The summed E-state index contributed by atoms with van der Waals surface area (Å²) in [4.78, 5) is 1.27. The zero-order valence-electron chi connectivity index (χ0n) is 12.7. The van der Waals surface area contributed by atoms with Gasteiger partial charge in [-0.15, -0.1) is 11.8 Å². The molecule has 2 aromatic rings. The van der Waals surface area contributed by atoms with E-state index in [1.807, 2.05) is 37.4 Å². The second kappa shape index (κ2) is 6.91. The molecule has 2 rings (SSSR count). The van der Waals surface area contributed by atoms with Crippen LogP contribution in [0.5, 0.6) is 0 Å². The van der Waals surface area contributed by atoms with E-state index in [0.717, 1.165) is 20.3 Å². The van der Waals surface area contributed by atoms with Gasteiger partial charge in [-0.3, -0.25) is 0 Å². The van der Waals surface area contributed by atoms with Crippen LogP contribution >= 0.6 is 11.8 Å². The average molecular weight is 331 g/mol. The van der Waals surface area contributed by atoms with Crippen molar-refractivity contribution in [1.82, 2.24) is 4.31 Å². The van der Waals surface area contributed by atoms with Crippen LogP contribution in [0.2, 0.25) is 0 Å². The maximum absolute atomic E-state index is 12.4. The van der Waals surface area contributed by atoms with Gasteiger partial charge in [0.1, 0.15) is 0 Å². The van der Waals surface area contributed by atoms with E-state index in [2.05, 4.69) is 12.0 Å². The summed E-state index contributed by atoms with van der Waals surface area (Å²) in [5.74, 6) is 2.93. The Morgan fingerprint density at radius 3 is 2.32 bits per heavy atom. The van der Waals surface area contributed by atoms with E-state index in [1.54, 1.807) is 36.0 Å². The summed E-state index contributed by atoms with van der Waals surface area (Å²) in [5.41, 5.74) is 1.84. The first-order chi connectivity index (χ1) is 10.4. The summed E-state index contributed by atoms with van der Waals surface area (Å²) in [6, 6.07) is 17.1. The van der Waals surface area contributed by atoms with Crippen LogP contribution in [0.15, 0.2) is 58.3 Å². The maximum atomic E-state index is 12.4. The van der Waals surface area contributed by atoms with Crippen molar-refractivity contribution in [3.05, 3.63) is 59.7 Å². The summed E-state index contributed by atoms with van der Waals surface area (Å²) in [5, 5.41) is 0. The van der Waals surface area contributed by atoms with Gasteiger partial charge in [0.15, 0.2) is 0 Å². The Labute approximate surface area is 136 Å². The van der Waals surface area contributed by atoms with Crippen LogP contribution in [0.4, 0.5) is 0 Å². The summed E-state index contributed by atoms with van der Waals surface area (Å²) < 4.78 is 25.9. The smallest absolute Gasteiger partial charge is 0.227 e. The molecule has 0 aliphatic rings. The van der Waals surface area contributed by atoms with Crippen molar-refractivity contribution in [3.8, 4) is 12.0 Å². The quantitative estimate of drug-likeness (QED) is 0.492. The molecule has 0 aliphatic carbocycles. The highest BCUT2D eigenvalue weighted by Gasteiger charge is 2.17. The third-order valence-corrected chi connectivity index (χ3v) is 5.61. The van der Waals surface area contributed by atoms with E-state index in [-0.39, 0.29) is 4.90 Å². The fraction of sp³-hybridized carbons (Fsp3) is 0.176. The van der Waals surface area contributed by atoms with E-state index in [1.165, 1.54) is 7.05 Å². The number of nitrogens with zero attached hydrogens (tertiary/aromatic N) is 1. The minimum Gasteiger partial charge on any atom is -0.227 e. The van der Waals surface area contributed by atoms with E-state index in [4.69, 9.17) is 0 Å². The fourth-order valence-corrected chi connectivity index (χ4v) is 3.33. The molecule has 0 bridgehead atoms. The van der Waals surface area contributed by atoms with Gasteiger partial charge in [0, 0.05) is 23.6 Å². The highest BCUT2D eigenvalue weighted by molar-refractivity contribution is 7.98. The normalized spacial score (nSPS) is 10.7. The van der Waals surface area contributed by atoms with Gasteiger partial charge in [-0.25, -0.2) is 12.7 Å². The van der Waals surface area contributed by atoms with Crippen molar-refractivity contribution < 1.29 is 8.42 Å². The lowest BCUT2D eigenvalue weighted by atomic mass is 10.2. The average Bonchev–Trinajstić information content (AvgIpc) is 2.53. The van der Waals surface area contributed by atoms with Gasteiger partial charge >= 0.3 is 0 Å². The molecular weight excluding hydrogens is 314 g/mol.